The Hall–Kier alpha value is -0.970. The van der Waals surface area contributed by atoms with Crippen LogP contribution in [0.25, 0.3) is 0 Å². The summed E-state index contributed by atoms with van der Waals surface area (Å²) in [6, 6.07) is 0. The van der Waals surface area contributed by atoms with E-state index in [1.807, 2.05) is 26.8 Å². The van der Waals surface area contributed by atoms with Crippen molar-refractivity contribution in [2.75, 3.05) is 13.2 Å². The van der Waals surface area contributed by atoms with Crippen molar-refractivity contribution in [3.8, 4) is 0 Å². The van der Waals surface area contributed by atoms with Gasteiger partial charge < -0.3 is 5.11 Å². The molecule has 0 bridgehead atoms. The standard InChI is InChI=1S/C16H26O4/c1-5-13(10-17)14-9-15(18)12(4)8-16(14)20-19-7-6-11(2)3/h5,12,14,16-17H,2,6-10H2,1,3-4H3/b13-5-. The quantitative estimate of drug-likeness (QED) is 0.338. The van der Waals surface area contributed by atoms with E-state index < -0.39 is 0 Å². The van der Waals surface area contributed by atoms with Gasteiger partial charge in [-0.2, -0.15) is 0 Å². The van der Waals surface area contributed by atoms with Crippen LogP contribution in [-0.4, -0.2) is 30.2 Å². The summed E-state index contributed by atoms with van der Waals surface area (Å²) in [5.41, 5.74) is 1.89. The van der Waals surface area contributed by atoms with E-state index in [0.29, 0.717) is 19.4 Å². The van der Waals surface area contributed by atoms with Gasteiger partial charge in [-0.15, -0.1) is 6.58 Å². The van der Waals surface area contributed by atoms with Gasteiger partial charge in [0.2, 0.25) is 0 Å². The third kappa shape index (κ3) is 4.85. The summed E-state index contributed by atoms with van der Waals surface area (Å²) in [6.45, 7) is 9.95. The van der Waals surface area contributed by atoms with Crippen LogP contribution in [0.15, 0.2) is 23.8 Å². The first-order valence-corrected chi connectivity index (χ1v) is 7.20. The highest BCUT2D eigenvalue weighted by Crippen LogP contribution is 2.33. The fraction of sp³-hybridized carbons (Fsp3) is 0.688. The largest absolute Gasteiger partial charge is 0.392 e. The Morgan fingerprint density at radius 2 is 2.25 bits per heavy atom. The molecule has 0 spiro atoms. The van der Waals surface area contributed by atoms with E-state index in [1.54, 1.807) is 0 Å². The minimum Gasteiger partial charge on any atom is -0.392 e. The van der Waals surface area contributed by atoms with Crippen LogP contribution in [0, 0.1) is 11.8 Å². The number of hydrogen-bond donors (Lipinski definition) is 1. The van der Waals surface area contributed by atoms with Gasteiger partial charge in [0, 0.05) is 18.3 Å². The second-order valence-corrected chi connectivity index (χ2v) is 5.60. The number of carbonyl (C=O) groups is 1. The molecule has 20 heavy (non-hydrogen) atoms. The molecule has 0 aromatic heterocycles. The van der Waals surface area contributed by atoms with Crippen LogP contribution in [0.5, 0.6) is 0 Å². The SMILES string of the molecule is C=C(C)CCOOC1CC(C)C(=O)CC1/C(=C\C)CO. The Morgan fingerprint density at radius 3 is 2.80 bits per heavy atom. The van der Waals surface area contributed by atoms with Crippen molar-refractivity contribution in [3.05, 3.63) is 23.8 Å². The van der Waals surface area contributed by atoms with E-state index in [0.717, 1.165) is 17.6 Å². The van der Waals surface area contributed by atoms with E-state index in [-0.39, 0.29) is 30.3 Å². The number of carbonyl (C=O) groups excluding carboxylic acids is 1. The number of aliphatic hydroxyl groups is 1. The van der Waals surface area contributed by atoms with Gasteiger partial charge in [0.1, 0.15) is 11.9 Å². The Morgan fingerprint density at radius 1 is 1.55 bits per heavy atom. The molecule has 3 unspecified atom stereocenters. The second kappa shape index (κ2) is 8.35. The van der Waals surface area contributed by atoms with Crippen molar-refractivity contribution in [1.82, 2.24) is 0 Å². The highest BCUT2D eigenvalue weighted by atomic mass is 17.2. The van der Waals surface area contributed by atoms with E-state index >= 15 is 0 Å². The van der Waals surface area contributed by atoms with Crippen LogP contribution in [0.2, 0.25) is 0 Å². The fourth-order valence-electron chi connectivity index (χ4n) is 2.44. The summed E-state index contributed by atoms with van der Waals surface area (Å²) >= 11 is 0. The van der Waals surface area contributed by atoms with Gasteiger partial charge in [-0.25, -0.2) is 9.78 Å². The van der Waals surface area contributed by atoms with E-state index in [1.165, 1.54) is 0 Å². The van der Waals surface area contributed by atoms with Gasteiger partial charge in [0.05, 0.1) is 13.2 Å². The maximum atomic E-state index is 11.9. The Labute approximate surface area is 121 Å². The summed E-state index contributed by atoms with van der Waals surface area (Å²) in [7, 11) is 0. The van der Waals surface area contributed by atoms with Gasteiger partial charge in [-0.05, 0) is 32.3 Å². The molecular formula is C16H26O4. The molecule has 114 valence electrons. The fourth-order valence-corrected chi connectivity index (χ4v) is 2.44. The van der Waals surface area contributed by atoms with Crippen molar-refractivity contribution in [2.24, 2.45) is 11.8 Å². The highest BCUT2D eigenvalue weighted by molar-refractivity contribution is 5.82. The number of aliphatic hydroxyl groups excluding tert-OH is 1. The first-order valence-electron chi connectivity index (χ1n) is 7.20. The average molecular weight is 282 g/mol. The molecule has 1 aliphatic rings. The number of hydrogen-bond acceptors (Lipinski definition) is 4. The monoisotopic (exact) mass is 282 g/mol. The second-order valence-electron chi connectivity index (χ2n) is 5.60. The van der Waals surface area contributed by atoms with Crippen molar-refractivity contribution in [2.45, 2.75) is 46.1 Å². The van der Waals surface area contributed by atoms with Crippen LogP contribution in [0.3, 0.4) is 0 Å². The lowest BCUT2D eigenvalue weighted by Crippen LogP contribution is -2.38. The molecule has 0 aromatic carbocycles. The topological polar surface area (TPSA) is 55.8 Å². The lowest BCUT2D eigenvalue weighted by molar-refractivity contribution is -0.335. The first kappa shape index (κ1) is 17.1. The molecule has 0 radical (unpaired) electrons. The minimum atomic E-state index is -0.175. The Bertz CT molecular complexity index is 373. The van der Waals surface area contributed by atoms with Crippen LogP contribution in [0.4, 0.5) is 0 Å². The molecule has 4 heteroatoms. The third-order valence-electron chi connectivity index (χ3n) is 3.84. The maximum Gasteiger partial charge on any atom is 0.136 e. The van der Waals surface area contributed by atoms with Gasteiger partial charge in [-0.3, -0.25) is 4.79 Å². The molecule has 3 atom stereocenters. The smallest absolute Gasteiger partial charge is 0.136 e. The van der Waals surface area contributed by atoms with Crippen LogP contribution < -0.4 is 0 Å². The number of rotatable bonds is 7. The first-order chi connectivity index (χ1) is 9.49. The molecular weight excluding hydrogens is 256 g/mol. The highest BCUT2D eigenvalue weighted by Gasteiger charge is 2.36. The lowest BCUT2D eigenvalue weighted by atomic mass is 9.76. The molecule has 1 N–H and O–H groups in total. The van der Waals surface area contributed by atoms with E-state index in [9.17, 15) is 9.90 Å². The summed E-state index contributed by atoms with van der Waals surface area (Å²) in [5, 5.41) is 9.41. The zero-order valence-electron chi connectivity index (χ0n) is 12.7. The molecule has 0 amide bonds. The van der Waals surface area contributed by atoms with Gasteiger partial charge in [-0.1, -0.05) is 18.6 Å². The van der Waals surface area contributed by atoms with Crippen molar-refractivity contribution in [1.29, 1.82) is 0 Å². The summed E-state index contributed by atoms with van der Waals surface area (Å²) in [4.78, 5) is 22.6. The third-order valence-corrected chi connectivity index (χ3v) is 3.84. The predicted molar refractivity (Wildman–Crippen MR) is 78.0 cm³/mol. The predicted octanol–water partition coefficient (Wildman–Crippen LogP) is 2.82. The summed E-state index contributed by atoms with van der Waals surface area (Å²) in [6.07, 6.45) is 3.48. The normalized spacial score (nSPS) is 27.7. The van der Waals surface area contributed by atoms with E-state index in [4.69, 9.17) is 9.78 Å². The number of ketones is 1. The lowest BCUT2D eigenvalue weighted by Gasteiger charge is -2.33. The zero-order valence-corrected chi connectivity index (χ0v) is 12.7. The molecule has 1 rings (SSSR count). The Kier molecular flexibility index (Phi) is 7.13. The number of allylic oxidation sites excluding steroid dienone is 1. The van der Waals surface area contributed by atoms with Gasteiger partial charge >= 0.3 is 0 Å². The maximum absolute atomic E-state index is 11.9. The van der Waals surface area contributed by atoms with Crippen molar-refractivity contribution < 1.29 is 19.7 Å². The Balaban J connectivity index is 2.62. The average Bonchev–Trinajstić information content (AvgIpc) is 2.40. The molecule has 4 nitrogen and oxygen atoms in total. The molecule has 1 aliphatic carbocycles. The van der Waals surface area contributed by atoms with Crippen molar-refractivity contribution in [3.63, 3.8) is 0 Å². The molecule has 0 saturated heterocycles. The van der Waals surface area contributed by atoms with Crippen molar-refractivity contribution >= 4 is 5.78 Å². The number of Topliss-reactive ketones (excluding diaryl/α,β-unsaturated/α-hetero) is 1. The summed E-state index contributed by atoms with van der Waals surface area (Å²) < 4.78 is 0. The van der Waals surface area contributed by atoms with Crippen LogP contribution in [-0.2, 0) is 14.6 Å². The van der Waals surface area contributed by atoms with Gasteiger partial charge in [0.25, 0.3) is 0 Å². The van der Waals surface area contributed by atoms with Gasteiger partial charge in [0.15, 0.2) is 0 Å². The summed E-state index contributed by atoms with van der Waals surface area (Å²) in [5.74, 6) is 0.126. The molecule has 0 aromatic rings. The molecule has 1 saturated carbocycles. The van der Waals surface area contributed by atoms with Crippen LogP contribution >= 0.6 is 0 Å². The molecule has 0 heterocycles. The zero-order chi connectivity index (χ0) is 15.1. The minimum absolute atomic E-state index is 0.0159. The van der Waals surface area contributed by atoms with Crippen LogP contribution in [0.1, 0.15) is 40.0 Å². The van der Waals surface area contributed by atoms with E-state index in [2.05, 4.69) is 6.58 Å². The molecule has 1 fully saturated rings. The molecule has 0 aliphatic heterocycles.